The maximum atomic E-state index is 9.97. The molecule has 0 saturated heterocycles. The van der Waals surface area contributed by atoms with Gasteiger partial charge >= 0.3 is 0 Å². The van der Waals surface area contributed by atoms with Crippen molar-refractivity contribution in [2.75, 3.05) is 0 Å². The van der Waals surface area contributed by atoms with Crippen LogP contribution in [0.3, 0.4) is 0 Å². The lowest BCUT2D eigenvalue weighted by Crippen LogP contribution is -2.14. The molecule has 2 aliphatic carbocycles. The Balaban J connectivity index is 1.51. The van der Waals surface area contributed by atoms with Crippen molar-refractivity contribution in [3.63, 3.8) is 0 Å². The number of hydrogen-bond acceptors (Lipinski definition) is 1. The van der Waals surface area contributed by atoms with Crippen molar-refractivity contribution < 1.29 is 5.02 Å². The second-order valence-electron chi connectivity index (χ2n) is 6.11. The minimum atomic E-state index is 0.00111. The molecule has 16 heavy (non-hydrogen) atoms. The van der Waals surface area contributed by atoms with Gasteiger partial charge in [0, 0.05) is 0 Å². The maximum absolute atomic E-state index is 9.97. The van der Waals surface area contributed by atoms with Crippen LogP contribution in [0.15, 0.2) is 0 Å². The van der Waals surface area contributed by atoms with Crippen molar-refractivity contribution in [1.82, 2.24) is 0 Å². The van der Waals surface area contributed by atoms with Gasteiger partial charge in [0.05, 0.1) is 0 Å². The summed E-state index contributed by atoms with van der Waals surface area (Å²) in [7, 11) is 0. The van der Waals surface area contributed by atoms with Crippen LogP contribution in [-0.4, -0.2) is 11.9 Å². The Morgan fingerprint density at radius 1 is 0.750 bits per heavy atom. The van der Waals surface area contributed by atoms with Crippen LogP contribution in [0.25, 0.3) is 0 Å². The van der Waals surface area contributed by atoms with Gasteiger partial charge < -0.3 is 5.02 Å². The average Bonchev–Trinajstić information content (AvgIpc) is 2.96. The molecule has 2 aliphatic rings. The predicted molar refractivity (Wildman–Crippen MR) is 70.7 cm³/mol. The minimum absolute atomic E-state index is 0.00111. The molecule has 0 radical (unpaired) electrons. The first kappa shape index (κ1) is 12.5. The van der Waals surface area contributed by atoms with Crippen LogP contribution >= 0.6 is 0 Å². The predicted octanol–water partition coefficient (Wildman–Crippen LogP) is 4.13. The molecule has 92 valence electrons. The third kappa shape index (κ3) is 4.12. The van der Waals surface area contributed by atoms with E-state index in [1.165, 1.54) is 64.2 Å². The first-order valence-corrected chi connectivity index (χ1v) is 7.52. The van der Waals surface area contributed by atoms with Gasteiger partial charge in [-0.15, -0.1) is 0 Å². The second-order valence-corrected chi connectivity index (χ2v) is 6.11. The highest BCUT2D eigenvalue weighted by Gasteiger charge is 2.21. The summed E-state index contributed by atoms with van der Waals surface area (Å²) < 4.78 is 0. The topological polar surface area (TPSA) is 20.2 Å². The lowest BCUT2D eigenvalue weighted by molar-refractivity contribution is 0.480. The van der Waals surface area contributed by atoms with Crippen molar-refractivity contribution in [2.45, 2.75) is 76.8 Å². The Hall–Kier alpha value is 0.0249. The molecular formula is C14H27BO. The zero-order valence-electron chi connectivity index (χ0n) is 10.7. The summed E-state index contributed by atoms with van der Waals surface area (Å²) in [5.74, 6) is 1.89. The van der Waals surface area contributed by atoms with Crippen molar-refractivity contribution in [3.8, 4) is 0 Å². The highest BCUT2D eigenvalue weighted by Crippen LogP contribution is 2.31. The van der Waals surface area contributed by atoms with Crippen LogP contribution in [0.2, 0.25) is 12.6 Å². The van der Waals surface area contributed by atoms with E-state index in [4.69, 9.17) is 0 Å². The third-order valence-electron chi connectivity index (χ3n) is 4.77. The van der Waals surface area contributed by atoms with E-state index in [1.54, 1.807) is 0 Å². The summed E-state index contributed by atoms with van der Waals surface area (Å²) in [5, 5.41) is 9.97. The van der Waals surface area contributed by atoms with Crippen molar-refractivity contribution in [3.05, 3.63) is 0 Å². The first-order valence-electron chi connectivity index (χ1n) is 7.52. The van der Waals surface area contributed by atoms with Crippen LogP contribution in [0, 0.1) is 11.8 Å². The van der Waals surface area contributed by atoms with Crippen LogP contribution in [0.4, 0.5) is 0 Å². The van der Waals surface area contributed by atoms with E-state index in [2.05, 4.69) is 0 Å². The number of rotatable bonds is 6. The van der Waals surface area contributed by atoms with E-state index in [0.29, 0.717) is 0 Å². The van der Waals surface area contributed by atoms with Crippen LogP contribution < -0.4 is 0 Å². The van der Waals surface area contributed by atoms with Gasteiger partial charge in [0.1, 0.15) is 0 Å². The summed E-state index contributed by atoms with van der Waals surface area (Å²) in [6.07, 6.45) is 16.1. The fraction of sp³-hybridized carbons (Fsp3) is 1.00. The molecule has 1 nitrogen and oxygen atoms in total. The Labute approximate surface area is 101 Å². The average molecular weight is 222 g/mol. The van der Waals surface area contributed by atoms with Gasteiger partial charge in [0.15, 0.2) is 0 Å². The van der Waals surface area contributed by atoms with Crippen molar-refractivity contribution in [1.29, 1.82) is 0 Å². The molecular weight excluding hydrogens is 195 g/mol. The monoisotopic (exact) mass is 222 g/mol. The lowest BCUT2D eigenvalue weighted by Gasteiger charge is -2.13. The molecule has 2 rings (SSSR count). The SMILES string of the molecule is OB(CCC1CCCC1)CCC1CCCC1. The quantitative estimate of drug-likeness (QED) is 0.670. The van der Waals surface area contributed by atoms with Crippen LogP contribution in [-0.2, 0) is 0 Å². The lowest BCUT2D eigenvalue weighted by atomic mass is 9.58. The molecule has 2 heteroatoms. The Morgan fingerprint density at radius 3 is 1.50 bits per heavy atom. The number of hydrogen-bond donors (Lipinski definition) is 1. The largest absolute Gasteiger partial charge is 0.450 e. The molecule has 2 saturated carbocycles. The minimum Gasteiger partial charge on any atom is -0.450 e. The van der Waals surface area contributed by atoms with Crippen molar-refractivity contribution >= 4 is 6.92 Å². The molecule has 0 atom stereocenters. The van der Waals surface area contributed by atoms with Gasteiger partial charge in [0.2, 0.25) is 0 Å². The van der Waals surface area contributed by atoms with E-state index in [1.807, 2.05) is 0 Å². The molecule has 0 aromatic heterocycles. The maximum Gasteiger partial charge on any atom is 0.288 e. The summed E-state index contributed by atoms with van der Waals surface area (Å²) in [6, 6.07) is 0. The van der Waals surface area contributed by atoms with E-state index in [9.17, 15) is 5.02 Å². The summed E-state index contributed by atoms with van der Waals surface area (Å²) >= 11 is 0. The normalized spacial score (nSPS) is 23.1. The standard InChI is InChI=1S/C14H27BO/c16-15(11-9-13-5-1-2-6-13)12-10-14-7-3-4-8-14/h13-14,16H,1-12H2. The zero-order chi connectivity index (χ0) is 11.2. The molecule has 0 heterocycles. The van der Waals surface area contributed by atoms with Crippen molar-refractivity contribution in [2.24, 2.45) is 11.8 Å². The Kier molecular flexibility index (Phi) is 5.22. The summed E-state index contributed by atoms with van der Waals surface area (Å²) in [6.45, 7) is 0.00111. The molecule has 0 aromatic carbocycles. The fourth-order valence-electron chi connectivity index (χ4n) is 3.60. The van der Waals surface area contributed by atoms with Gasteiger partial charge in [-0.2, -0.15) is 0 Å². The van der Waals surface area contributed by atoms with Gasteiger partial charge in [0.25, 0.3) is 6.92 Å². The van der Waals surface area contributed by atoms with Crippen LogP contribution in [0.1, 0.15) is 64.2 Å². The molecule has 0 bridgehead atoms. The summed E-state index contributed by atoms with van der Waals surface area (Å²) in [4.78, 5) is 0. The molecule has 0 aliphatic heterocycles. The van der Waals surface area contributed by atoms with Gasteiger partial charge in [-0.1, -0.05) is 64.2 Å². The van der Waals surface area contributed by atoms with Gasteiger partial charge in [-0.3, -0.25) is 0 Å². The van der Waals surface area contributed by atoms with E-state index in [0.717, 1.165) is 24.5 Å². The second kappa shape index (κ2) is 6.69. The van der Waals surface area contributed by atoms with E-state index < -0.39 is 0 Å². The molecule has 0 aromatic rings. The molecule has 0 amide bonds. The van der Waals surface area contributed by atoms with E-state index in [-0.39, 0.29) is 6.92 Å². The molecule has 2 fully saturated rings. The third-order valence-corrected chi connectivity index (χ3v) is 4.77. The Bertz CT molecular complexity index is 163. The first-order chi connectivity index (χ1) is 7.84. The Morgan fingerprint density at radius 2 is 1.12 bits per heavy atom. The highest BCUT2D eigenvalue weighted by molar-refractivity contribution is 6.50. The van der Waals surface area contributed by atoms with Crippen LogP contribution in [0.5, 0.6) is 0 Å². The van der Waals surface area contributed by atoms with E-state index >= 15 is 0 Å². The fourth-order valence-corrected chi connectivity index (χ4v) is 3.60. The zero-order valence-corrected chi connectivity index (χ0v) is 10.7. The highest BCUT2D eigenvalue weighted by atomic mass is 16.2. The summed E-state index contributed by atoms with van der Waals surface area (Å²) in [5.41, 5.74) is 0. The van der Waals surface area contributed by atoms with Gasteiger partial charge in [-0.05, 0) is 24.5 Å². The molecule has 1 N–H and O–H groups in total. The smallest absolute Gasteiger partial charge is 0.288 e. The molecule has 0 unspecified atom stereocenters. The van der Waals surface area contributed by atoms with Gasteiger partial charge in [-0.25, -0.2) is 0 Å². The molecule has 0 spiro atoms.